The monoisotopic (exact) mass is 304 g/mol. The molecule has 116 valence electrons. The van der Waals surface area contributed by atoms with Crippen molar-refractivity contribution in [3.05, 3.63) is 69.8 Å². The first-order valence-electron chi connectivity index (χ1n) is 7.49. The molecule has 2 aromatic rings. The Morgan fingerprint density at radius 3 is 2.22 bits per heavy atom. The maximum Gasteiger partial charge on any atom is 0.266 e. The molecule has 3 heteroatoms. The number of amides is 1. The molecule has 2 aromatic carbocycles. The van der Waals surface area contributed by atoms with Crippen LogP contribution in [0.5, 0.6) is 0 Å². The van der Waals surface area contributed by atoms with Crippen molar-refractivity contribution in [1.82, 2.24) is 0 Å². The molecule has 0 heterocycles. The van der Waals surface area contributed by atoms with Gasteiger partial charge >= 0.3 is 0 Å². The van der Waals surface area contributed by atoms with Crippen LogP contribution in [0.15, 0.2) is 42.0 Å². The van der Waals surface area contributed by atoms with Crippen LogP contribution in [0, 0.1) is 39.0 Å². The van der Waals surface area contributed by atoms with Crippen LogP contribution in [-0.2, 0) is 4.79 Å². The number of nitrogens with one attached hydrogen (secondary N) is 1. The van der Waals surface area contributed by atoms with Gasteiger partial charge in [-0.2, -0.15) is 5.26 Å². The van der Waals surface area contributed by atoms with Crippen LogP contribution in [0.2, 0.25) is 0 Å². The number of carbonyl (C=O) groups excluding carboxylic acids is 1. The maximum absolute atomic E-state index is 12.4. The molecule has 0 aromatic heterocycles. The Bertz CT molecular complexity index is 803. The molecule has 0 aliphatic heterocycles. The van der Waals surface area contributed by atoms with E-state index in [1.807, 2.05) is 70.2 Å². The van der Waals surface area contributed by atoms with Gasteiger partial charge in [-0.25, -0.2) is 0 Å². The number of carbonyl (C=O) groups is 1. The van der Waals surface area contributed by atoms with Gasteiger partial charge in [0.1, 0.15) is 11.6 Å². The van der Waals surface area contributed by atoms with Crippen LogP contribution in [0.4, 0.5) is 5.69 Å². The number of hydrogen-bond acceptors (Lipinski definition) is 2. The maximum atomic E-state index is 12.4. The number of anilines is 1. The van der Waals surface area contributed by atoms with Crippen molar-refractivity contribution in [2.45, 2.75) is 27.7 Å². The zero-order valence-electron chi connectivity index (χ0n) is 13.9. The van der Waals surface area contributed by atoms with E-state index in [0.29, 0.717) is 0 Å². The third-order valence-corrected chi connectivity index (χ3v) is 3.77. The lowest BCUT2D eigenvalue weighted by atomic mass is 10.0. The topological polar surface area (TPSA) is 52.9 Å². The highest BCUT2D eigenvalue weighted by Crippen LogP contribution is 2.23. The third-order valence-electron chi connectivity index (χ3n) is 3.77. The summed E-state index contributed by atoms with van der Waals surface area (Å²) in [6, 6.07) is 13.7. The number of nitrogens with zero attached hydrogens (tertiary/aromatic N) is 1. The van der Waals surface area contributed by atoms with E-state index < -0.39 is 0 Å². The van der Waals surface area contributed by atoms with Crippen molar-refractivity contribution in [2.75, 3.05) is 5.32 Å². The van der Waals surface area contributed by atoms with Crippen molar-refractivity contribution >= 4 is 17.7 Å². The highest BCUT2D eigenvalue weighted by atomic mass is 16.1. The quantitative estimate of drug-likeness (QED) is 0.672. The molecule has 0 atom stereocenters. The normalized spacial score (nSPS) is 11.0. The van der Waals surface area contributed by atoms with Crippen molar-refractivity contribution in [3.8, 4) is 6.07 Å². The van der Waals surface area contributed by atoms with Gasteiger partial charge in [0.2, 0.25) is 0 Å². The van der Waals surface area contributed by atoms with E-state index in [0.717, 1.165) is 33.5 Å². The van der Waals surface area contributed by atoms with Crippen LogP contribution < -0.4 is 5.32 Å². The van der Waals surface area contributed by atoms with E-state index in [1.165, 1.54) is 0 Å². The number of nitriles is 1. The molecule has 0 saturated heterocycles. The molecule has 0 saturated carbocycles. The van der Waals surface area contributed by atoms with Gasteiger partial charge in [-0.05, 0) is 56.0 Å². The van der Waals surface area contributed by atoms with E-state index in [2.05, 4.69) is 5.32 Å². The second kappa shape index (κ2) is 6.93. The number of aryl methyl sites for hydroxylation is 4. The van der Waals surface area contributed by atoms with Gasteiger partial charge in [0.15, 0.2) is 0 Å². The lowest BCUT2D eigenvalue weighted by Gasteiger charge is -2.12. The molecule has 0 fully saturated rings. The number of benzene rings is 2. The van der Waals surface area contributed by atoms with Crippen LogP contribution in [0.25, 0.3) is 6.08 Å². The molecular weight excluding hydrogens is 284 g/mol. The average molecular weight is 304 g/mol. The fraction of sp³-hybridized carbons (Fsp3) is 0.200. The summed E-state index contributed by atoms with van der Waals surface area (Å²) in [4.78, 5) is 12.4. The van der Waals surface area contributed by atoms with Gasteiger partial charge in [0, 0.05) is 5.69 Å². The highest BCUT2D eigenvalue weighted by molar-refractivity contribution is 6.10. The fourth-order valence-corrected chi connectivity index (χ4v) is 2.61. The first kappa shape index (κ1) is 16.5. The second-order valence-electron chi connectivity index (χ2n) is 5.75. The summed E-state index contributed by atoms with van der Waals surface area (Å²) in [5, 5.41) is 12.2. The summed E-state index contributed by atoms with van der Waals surface area (Å²) in [7, 11) is 0. The molecule has 0 aliphatic rings. The van der Waals surface area contributed by atoms with Gasteiger partial charge in [-0.1, -0.05) is 42.0 Å². The van der Waals surface area contributed by atoms with E-state index in [4.69, 9.17) is 0 Å². The molecule has 3 nitrogen and oxygen atoms in total. The summed E-state index contributed by atoms with van der Waals surface area (Å²) < 4.78 is 0. The lowest BCUT2D eigenvalue weighted by molar-refractivity contribution is -0.112. The molecule has 0 radical (unpaired) electrons. The zero-order chi connectivity index (χ0) is 17.0. The van der Waals surface area contributed by atoms with Crippen LogP contribution in [0.1, 0.15) is 27.8 Å². The lowest BCUT2D eigenvalue weighted by Crippen LogP contribution is -2.15. The van der Waals surface area contributed by atoms with Gasteiger partial charge in [-0.3, -0.25) is 4.79 Å². The molecule has 23 heavy (non-hydrogen) atoms. The molecule has 1 N–H and O–H groups in total. The Labute approximate surface area is 137 Å². The van der Waals surface area contributed by atoms with Crippen LogP contribution >= 0.6 is 0 Å². The SMILES string of the molecule is Cc1cc(C)c(NC(=O)/C(C#N)=C/c2ccccc2C)c(C)c1. The largest absolute Gasteiger partial charge is 0.321 e. The molecule has 0 aliphatic carbocycles. The Hall–Kier alpha value is -2.86. The van der Waals surface area contributed by atoms with E-state index in [9.17, 15) is 10.1 Å². The first-order valence-corrected chi connectivity index (χ1v) is 7.49. The summed E-state index contributed by atoms with van der Waals surface area (Å²) in [6.07, 6.45) is 1.63. The Morgan fingerprint density at radius 2 is 1.65 bits per heavy atom. The van der Waals surface area contributed by atoms with Crippen molar-refractivity contribution < 1.29 is 4.79 Å². The summed E-state index contributed by atoms with van der Waals surface area (Å²) in [6.45, 7) is 7.87. The van der Waals surface area contributed by atoms with E-state index in [1.54, 1.807) is 6.08 Å². The van der Waals surface area contributed by atoms with Crippen molar-refractivity contribution in [1.29, 1.82) is 5.26 Å². The van der Waals surface area contributed by atoms with Crippen molar-refractivity contribution in [3.63, 3.8) is 0 Å². The minimum atomic E-state index is -0.384. The van der Waals surface area contributed by atoms with E-state index in [-0.39, 0.29) is 11.5 Å². The first-order chi connectivity index (χ1) is 10.9. The summed E-state index contributed by atoms with van der Waals surface area (Å²) in [5.74, 6) is -0.384. The average Bonchev–Trinajstić information content (AvgIpc) is 2.49. The zero-order valence-corrected chi connectivity index (χ0v) is 13.9. The van der Waals surface area contributed by atoms with E-state index >= 15 is 0 Å². The molecule has 2 rings (SSSR count). The molecule has 1 amide bonds. The molecule has 0 spiro atoms. The van der Waals surface area contributed by atoms with Crippen LogP contribution in [0.3, 0.4) is 0 Å². The van der Waals surface area contributed by atoms with Gasteiger partial charge in [-0.15, -0.1) is 0 Å². The Morgan fingerprint density at radius 1 is 1.04 bits per heavy atom. The van der Waals surface area contributed by atoms with Gasteiger partial charge in [0.25, 0.3) is 5.91 Å². The second-order valence-corrected chi connectivity index (χ2v) is 5.75. The minimum absolute atomic E-state index is 0.0960. The van der Waals surface area contributed by atoms with Gasteiger partial charge in [0.05, 0.1) is 0 Å². The summed E-state index contributed by atoms with van der Waals surface area (Å²) >= 11 is 0. The smallest absolute Gasteiger partial charge is 0.266 e. The Kier molecular flexibility index (Phi) is 4.98. The standard InChI is InChI=1S/C20H20N2O/c1-13-9-15(3)19(16(4)10-13)22-20(23)18(12-21)11-17-8-6-5-7-14(17)2/h5-11H,1-4H3,(H,22,23)/b18-11+. The predicted octanol–water partition coefficient (Wildman–Crippen LogP) is 4.47. The summed E-state index contributed by atoms with van der Waals surface area (Å²) in [5.41, 5.74) is 5.89. The molecule has 0 bridgehead atoms. The number of hydrogen-bond donors (Lipinski definition) is 1. The fourth-order valence-electron chi connectivity index (χ4n) is 2.61. The molecule has 0 unspecified atom stereocenters. The molecular formula is C20H20N2O. The minimum Gasteiger partial charge on any atom is -0.321 e. The van der Waals surface area contributed by atoms with Gasteiger partial charge < -0.3 is 5.32 Å². The highest BCUT2D eigenvalue weighted by Gasteiger charge is 2.13. The Balaban J connectivity index is 2.33. The van der Waals surface area contributed by atoms with Crippen LogP contribution in [-0.4, -0.2) is 5.91 Å². The van der Waals surface area contributed by atoms with Crippen molar-refractivity contribution in [2.24, 2.45) is 0 Å². The number of rotatable bonds is 3. The third kappa shape index (κ3) is 3.87. The predicted molar refractivity (Wildman–Crippen MR) is 94.1 cm³/mol.